The molecule has 0 aliphatic carbocycles. The van der Waals surface area contributed by atoms with Crippen molar-refractivity contribution in [2.24, 2.45) is 0 Å². The molecule has 4 rings (SSSR count). The Bertz CT molecular complexity index is 862. The third kappa shape index (κ3) is 3.00. The van der Waals surface area contributed by atoms with Gasteiger partial charge in [0.15, 0.2) is 5.11 Å². The third-order valence-electron chi connectivity index (χ3n) is 4.56. The van der Waals surface area contributed by atoms with Gasteiger partial charge in [0.25, 0.3) is 0 Å². The lowest BCUT2D eigenvalue weighted by Gasteiger charge is -2.25. The minimum atomic E-state index is 0.0242. The third-order valence-corrected chi connectivity index (χ3v) is 4.97. The van der Waals surface area contributed by atoms with Crippen molar-refractivity contribution < 1.29 is 0 Å². The number of thiocarbonyl (C=S) groups is 1. The summed E-state index contributed by atoms with van der Waals surface area (Å²) in [5.74, 6) is 0. The van der Waals surface area contributed by atoms with E-state index in [0.717, 1.165) is 23.0 Å². The van der Waals surface area contributed by atoms with Crippen LogP contribution in [0, 0.1) is 0 Å². The van der Waals surface area contributed by atoms with E-state index in [2.05, 4.69) is 43.1 Å². The molecule has 2 atom stereocenters. The van der Waals surface area contributed by atoms with E-state index in [1.54, 1.807) is 0 Å². The van der Waals surface area contributed by atoms with Crippen LogP contribution >= 0.6 is 12.2 Å². The van der Waals surface area contributed by atoms with Gasteiger partial charge in [-0.15, -0.1) is 0 Å². The molecule has 126 valence electrons. The monoisotopic (exact) mass is 349 g/mol. The summed E-state index contributed by atoms with van der Waals surface area (Å²) in [7, 11) is 2.03. The predicted octanol–water partition coefficient (Wildman–Crippen LogP) is 2.93. The van der Waals surface area contributed by atoms with Crippen LogP contribution < -0.4 is 5.32 Å². The lowest BCUT2D eigenvalue weighted by atomic mass is 10.0. The van der Waals surface area contributed by atoms with E-state index in [4.69, 9.17) is 12.2 Å². The van der Waals surface area contributed by atoms with Crippen LogP contribution in [0.2, 0.25) is 0 Å². The number of hydrogen-bond donors (Lipinski definition) is 1. The van der Waals surface area contributed by atoms with E-state index in [1.165, 1.54) is 5.69 Å². The molecule has 5 nitrogen and oxygen atoms in total. The smallest absolute Gasteiger partial charge is 0.169 e. The number of nitrogens with zero attached hydrogens (tertiary/aromatic N) is 4. The van der Waals surface area contributed by atoms with Crippen molar-refractivity contribution in [2.75, 3.05) is 7.05 Å². The molecule has 0 amide bonds. The zero-order valence-corrected chi connectivity index (χ0v) is 14.7. The number of aromatic nitrogens is 3. The number of pyridine rings is 2. The SMILES string of the molecule is CN1C(=S)NC(c2ccccn2)C1c1cccn1Cc1ccccn1. The minimum Gasteiger partial charge on any atom is -0.352 e. The second-order valence-corrected chi connectivity index (χ2v) is 6.51. The molecule has 1 aliphatic rings. The van der Waals surface area contributed by atoms with E-state index in [-0.39, 0.29) is 12.1 Å². The summed E-state index contributed by atoms with van der Waals surface area (Å²) in [6, 6.07) is 16.3. The highest BCUT2D eigenvalue weighted by Gasteiger charge is 2.39. The van der Waals surface area contributed by atoms with Crippen molar-refractivity contribution in [1.29, 1.82) is 0 Å². The van der Waals surface area contributed by atoms with Gasteiger partial charge in [0.2, 0.25) is 0 Å². The highest BCUT2D eigenvalue weighted by atomic mass is 32.1. The van der Waals surface area contributed by atoms with Crippen LogP contribution in [0.4, 0.5) is 0 Å². The standard InChI is InChI=1S/C19H19N5S/c1-23-18(17(22-19(23)25)15-8-3-5-11-21-15)16-9-6-12-24(16)13-14-7-2-4-10-20-14/h2-12,17-18H,13H2,1H3,(H,22,25). The summed E-state index contributed by atoms with van der Waals surface area (Å²) in [5, 5.41) is 4.16. The van der Waals surface area contributed by atoms with Crippen molar-refractivity contribution in [3.8, 4) is 0 Å². The molecule has 0 bridgehead atoms. The molecule has 3 aromatic rings. The Labute approximate surface area is 152 Å². The first-order valence-corrected chi connectivity index (χ1v) is 8.64. The lowest BCUT2D eigenvalue weighted by molar-refractivity contribution is 0.350. The quantitative estimate of drug-likeness (QED) is 0.734. The molecule has 1 saturated heterocycles. The molecule has 25 heavy (non-hydrogen) atoms. The van der Waals surface area contributed by atoms with Gasteiger partial charge in [-0.05, 0) is 48.6 Å². The van der Waals surface area contributed by atoms with Gasteiger partial charge in [-0.2, -0.15) is 0 Å². The van der Waals surface area contributed by atoms with E-state index in [0.29, 0.717) is 0 Å². The molecule has 6 heteroatoms. The molecule has 3 aromatic heterocycles. The highest BCUT2D eigenvalue weighted by Crippen LogP contribution is 2.37. The van der Waals surface area contributed by atoms with Gasteiger partial charge in [-0.25, -0.2) is 0 Å². The normalized spacial score (nSPS) is 19.9. The maximum absolute atomic E-state index is 5.51. The largest absolute Gasteiger partial charge is 0.352 e. The summed E-state index contributed by atoms with van der Waals surface area (Å²) >= 11 is 5.51. The Kier molecular flexibility index (Phi) is 4.19. The van der Waals surface area contributed by atoms with E-state index in [9.17, 15) is 0 Å². The molecular weight excluding hydrogens is 330 g/mol. The van der Waals surface area contributed by atoms with Crippen LogP contribution in [0.1, 0.15) is 29.2 Å². The van der Waals surface area contributed by atoms with Crippen molar-refractivity contribution >= 4 is 17.3 Å². The molecule has 2 unspecified atom stereocenters. The van der Waals surface area contributed by atoms with Crippen LogP contribution in [-0.4, -0.2) is 31.6 Å². The lowest BCUT2D eigenvalue weighted by Crippen LogP contribution is -2.26. The Balaban J connectivity index is 1.70. The van der Waals surface area contributed by atoms with Crippen molar-refractivity contribution in [1.82, 2.24) is 24.8 Å². The van der Waals surface area contributed by atoms with Crippen molar-refractivity contribution in [3.63, 3.8) is 0 Å². The van der Waals surface area contributed by atoms with E-state index in [1.807, 2.05) is 55.8 Å². The summed E-state index contributed by atoms with van der Waals surface area (Å²) < 4.78 is 2.23. The average Bonchev–Trinajstić information content (AvgIpc) is 3.21. The van der Waals surface area contributed by atoms with Gasteiger partial charge >= 0.3 is 0 Å². The molecule has 1 aliphatic heterocycles. The Morgan fingerprint density at radius 2 is 1.84 bits per heavy atom. The van der Waals surface area contributed by atoms with E-state index >= 15 is 0 Å². The first-order valence-electron chi connectivity index (χ1n) is 8.23. The predicted molar refractivity (Wildman–Crippen MR) is 101 cm³/mol. The summed E-state index contributed by atoms with van der Waals surface area (Å²) in [6.07, 6.45) is 5.74. The van der Waals surface area contributed by atoms with Crippen LogP contribution in [0.3, 0.4) is 0 Å². The minimum absolute atomic E-state index is 0.0242. The molecule has 0 spiro atoms. The van der Waals surface area contributed by atoms with Crippen molar-refractivity contribution in [2.45, 2.75) is 18.6 Å². The zero-order valence-electron chi connectivity index (χ0n) is 13.9. The molecule has 0 radical (unpaired) electrons. The summed E-state index contributed by atoms with van der Waals surface area (Å²) in [4.78, 5) is 11.1. The second kappa shape index (κ2) is 6.64. The second-order valence-electron chi connectivity index (χ2n) is 6.12. The molecule has 1 fully saturated rings. The Morgan fingerprint density at radius 3 is 2.56 bits per heavy atom. The number of likely N-dealkylation sites (N-methyl/N-ethyl adjacent to an activating group) is 1. The van der Waals surface area contributed by atoms with Gasteiger partial charge in [0.1, 0.15) is 0 Å². The van der Waals surface area contributed by atoms with Crippen molar-refractivity contribution in [3.05, 3.63) is 84.2 Å². The van der Waals surface area contributed by atoms with Gasteiger partial charge in [-0.3, -0.25) is 9.97 Å². The maximum atomic E-state index is 5.51. The maximum Gasteiger partial charge on any atom is 0.169 e. The Morgan fingerprint density at radius 1 is 1.04 bits per heavy atom. The molecule has 0 aromatic carbocycles. The van der Waals surface area contributed by atoms with Gasteiger partial charge < -0.3 is 14.8 Å². The van der Waals surface area contributed by atoms with Crippen LogP contribution in [-0.2, 0) is 6.54 Å². The van der Waals surface area contributed by atoms with Crippen LogP contribution in [0.15, 0.2) is 67.1 Å². The first kappa shape index (κ1) is 15.8. The van der Waals surface area contributed by atoms with Gasteiger partial charge in [0, 0.05) is 31.3 Å². The number of hydrogen-bond acceptors (Lipinski definition) is 3. The first-order chi connectivity index (χ1) is 12.2. The number of rotatable bonds is 4. The average molecular weight is 349 g/mol. The van der Waals surface area contributed by atoms with Crippen LogP contribution in [0.25, 0.3) is 0 Å². The molecule has 0 saturated carbocycles. The molecular formula is C19H19N5S. The fraction of sp³-hybridized carbons (Fsp3) is 0.211. The fourth-order valence-electron chi connectivity index (χ4n) is 3.33. The summed E-state index contributed by atoms with van der Waals surface area (Å²) in [6.45, 7) is 0.731. The Hall–Kier alpha value is -2.73. The topological polar surface area (TPSA) is 46.0 Å². The molecule has 4 heterocycles. The zero-order chi connectivity index (χ0) is 17.2. The number of nitrogens with one attached hydrogen (secondary N) is 1. The van der Waals surface area contributed by atoms with Crippen LogP contribution in [0.5, 0.6) is 0 Å². The highest BCUT2D eigenvalue weighted by molar-refractivity contribution is 7.80. The fourth-order valence-corrected chi connectivity index (χ4v) is 3.58. The summed E-state index contributed by atoms with van der Waals surface area (Å²) in [5.41, 5.74) is 3.21. The molecule has 1 N–H and O–H groups in total. The van der Waals surface area contributed by atoms with Gasteiger partial charge in [0.05, 0.1) is 30.0 Å². The van der Waals surface area contributed by atoms with Gasteiger partial charge in [-0.1, -0.05) is 12.1 Å². The van der Waals surface area contributed by atoms with E-state index < -0.39 is 0 Å².